The van der Waals surface area contributed by atoms with Gasteiger partial charge in [0.1, 0.15) is 35.6 Å². The average molecular weight is 343 g/mol. The van der Waals surface area contributed by atoms with Crippen LogP contribution in [0.2, 0.25) is 0 Å². The number of methoxy groups -OCH3 is 1. The fourth-order valence-corrected chi connectivity index (χ4v) is 2.84. The van der Waals surface area contributed by atoms with E-state index in [9.17, 15) is 0 Å². The summed E-state index contributed by atoms with van der Waals surface area (Å²) < 4.78 is 11.6. The zero-order valence-corrected chi connectivity index (χ0v) is 15.0. The van der Waals surface area contributed by atoms with Crippen molar-refractivity contribution in [3.05, 3.63) is 30.6 Å². The van der Waals surface area contributed by atoms with Gasteiger partial charge in [0.15, 0.2) is 0 Å². The number of ether oxygens (including phenoxy) is 2. The van der Waals surface area contributed by atoms with Gasteiger partial charge in [0.2, 0.25) is 0 Å². The highest BCUT2D eigenvalue weighted by atomic mass is 16.5. The van der Waals surface area contributed by atoms with Crippen molar-refractivity contribution in [2.24, 2.45) is 0 Å². The van der Waals surface area contributed by atoms with Crippen molar-refractivity contribution in [2.75, 3.05) is 44.9 Å². The maximum absolute atomic E-state index is 6.12. The minimum atomic E-state index is 0.264. The Bertz CT molecular complexity index is 702. The predicted molar refractivity (Wildman–Crippen MR) is 99.0 cm³/mol. The second-order valence-electron chi connectivity index (χ2n) is 6.15. The van der Waals surface area contributed by atoms with Crippen LogP contribution in [0.1, 0.15) is 12.8 Å². The zero-order valence-electron chi connectivity index (χ0n) is 15.0. The van der Waals surface area contributed by atoms with Crippen molar-refractivity contribution in [1.82, 2.24) is 14.9 Å². The summed E-state index contributed by atoms with van der Waals surface area (Å²) >= 11 is 0. The average Bonchev–Trinajstić information content (AvgIpc) is 2.65. The lowest BCUT2D eigenvalue weighted by Gasteiger charge is -2.29. The number of nitrogens with one attached hydrogen (secondary N) is 2. The maximum Gasteiger partial charge on any atom is 0.146 e. The quantitative estimate of drug-likeness (QED) is 0.835. The molecule has 7 heteroatoms. The topological polar surface area (TPSA) is 71.5 Å². The summed E-state index contributed by atoms with van der Waals surface area (Å²) in [6, 6.07) is 7.66. The van der Waals surface area contributed by atoms with Crippen LogP contribution in [0.15, 0.2) is 30.6 Å². The van der Waals surface area contributed by atoms with Crippen molar-refractivity contribution in [1.29, 1.82) is 0 Å². The van der Waals surface area contributed by atoms with Gasteiger partial charge in [-0.3, -0.25) is 0 Å². The molecule has 1 aliphatic heterocycles. The number of piperidine rings is 1. The molecule has 0 saturated carbocycles. The molecule has 2 N–H and O–H groups in total. The molecule has 0 spiro atoms. The smallest absolute Gasteiger partial charge is 0.146 e. The number of hydrogen-bond donors (Lipinski definition) is 2. The lowest BCUT2D eigenvalue weighted by atomic mass is 10.1. The van der Waals surface area contributed by atoms with Gasteiger partial charge in [0, 0.05) is 32.3 Å². The molecule has 2 aromatic rings. The van der Waals surface area contributed by atoms with E-state index in [1.165, 1.54) is 6.33 Å². The number of hydrogen-bond acceptors (Lipinski definition) is 7. The van der Waals surface area contributed by atoms with Crippen LogP contribution >= 0.6 is 0 Å². The number of benzene rings is 1. The molecule has 1 aromatic heterocycles. The Labute approximate surface area is 148 Å². The number of nitrogens with zero attached hydrogens (tertiary/aromatic N) is 3. The third-order valence-corrected chi connectivity index (χ3v) is 4.33. The van der Waals surface area contributed by atoms with Gasteiger partial charge in [-0.25, -0.2) is 9.97 Å². The number of rotatable bonds is 6. The minimum absolute atomic E-state index is 0.264. The standard InChI is InChI=1S/C18H25N5O2/c1-19-17-11-18(21-12-20-17)22-15-5-4-14(10-16(15)24-3)25-13-6-8-23(2)9-7-13/h4-5,10-13H,6-9H2,1-3H3,(H2,19,20,21,22). The molecule has 0 atom stereocenters. The van der Waals surface area contributed by atoms with Crippen LogP contribution in [-0.2, 0) is 0 Å². The molecule has 0 amide bonds. The third kappa shape index (κ3) is 4.51. The minimum Gasteiger partial charge on any atom is -0.494 e. The Balaban J connectivity index is 1.70. The molecule has 0 unspecified atom stereocenters. The lowest BCUT2D eigenvalue weighted by Crippen LogP contribution is -2.35. The largest absolute Gasteiger partial charge is 0.494 e. The molecule has 7 nitrogen and oxygen atoms in total. The van der Waals surface area contributed by atoms with Crippen LogP contribution in [0.3, 0.4) is 0 Å². The Morgan fingerprint density at radius 3 is 2.60 bits per heavy atom. The molecule has 1 fully saturated rings. The summed E-state index contributed by atoms with van der Waals surface area (Å²) in [7, 11) is 5.62. The van der Waals surface area contributed by atoms with Gasteiger partial charge in [-0.05, 0) is 32.0 Å². The molecule has 0 bridgehead atoms. The van der Waals surface area contributed by atoms with Crippen molar-refractivity contribution >= 4 is 17.3 Å². The number of anilines is 3. The van der Waals surface area contributed by atoms with E-state index in [-0.39, 0.29) is 6.10 Å². The van der Waals surface area contributed by atoms with E-state index in [2.05, 4.69) is 32.5 Å². The van der Waals surface area contributed by atoms with Gasteiger partial charge in [-0.2, -0.15) is 0 Å². The van der Waals surface area contributed by atoms with Crippen molar-refractivity contribution in [3.63, 3.8) is 0 Å². The maximum atomic E-state index is 6.12. The van der Waals surface area contributed by atoms with Crippen LogP contribution < -0.4 is 20.1 Å². The lowest BCUT2D eigenvalue weighted by molar-refractivity contribution is 0.114. The van der Waals surface area contributed by atoms with Gasteiger partial charge in [-0.15, -0.1) is 0 Å². The van der Waals surface area contributed by atoms with Gasteiger partial charge < -0.3 is 25.0 Å². The monoisotopic (exact) mass is 343 g/mol. The van der Waals surface area contributed by atoms with Crippen LogP contribution in [0.5, 0.6) is 11.5 Å². The molecular formula is C18H25N5O2. The first kappa shape index (κ1) is 17.3. The molecule has 3 rings (SSSR count). The van der Waals surface area contributed by atoms with Gasteiger partial charge in [0.25, 0.3) is 0 Å². The molecule has 134 valence electrons. The van der Waals surface area contributed by atoms with Gasteiger partial charge >= 0.3 is 0 Å². The summed E-state index contributed by atoms with van der Waals surface area (Å²) in [5, 5.41) is 6.25. The fraction of sp³-hybridized carbons (Fsp3) is 0.444. The van der Waals surface area contributed by atoms with E-state index in [0.717, 1.165) is 48.9 Å². The van der Waals surface area contributed by atoms with E-state index < -0.39 is 0 Å². The first-order chi connectivity index (χ1) is 12.2. The SMILES string of the molecule is CNc1cc(Nc2ccc(OC3CCN(C)CC3)cc2OC)ncn1. The third-order valence-electron chi connectivity index (χ3n) is 4.33. The number of aromatic nitrogens is 2. The molecule has 2 heterocycles. The first-order valence-electron chi connectivity index (χ1n) is 8.48. The molecule has 0 radical (unpaired) electrons. The molecular weight excluding hydrogens is 318 g/mol. The Morgan fingerprint density at radius 2 is 1.88 bits per heavy atom. The van der Waals surface area contributed by atoms with E-state index in [0.29, 0.717) is 5.82 Å². The van der Waals surface area contributed by atoms with E-state index in [1.54, 1.807) is 7.11 Å². The highest BCUT2D eigenvalue weighted by Crippen LogP contribution is 2.32. The predicted octanol–water partition coefficient (Wildman–Crippen LogP) is 2.74. The molecule has 1 aliphatic rings. The van der Waals surface area contributed by atoms with Gasteiger partial charge in [0.05, 0.1) is 12.8 Å². The first-order valence-corrected chi connectivity index (χ1v) is 8.48. The van der Waals surface area contributed by atoms with Crippen LogP contribution in [0.25, 0.3) is 0 Å². The summed E-state index contributed by atoms with van der Waals surface area (Å²) in [5.41, 5.74) is 0.832. The molecule has 1 aromatic carbocycles. The molecule has 0 aliphatic carbocycles. The van der Waals surface area contributed by atoms with Crippen molar-refractivity contribution in [3.8, 4) is 11.5 Å². The summed E-state index contributed by atoms with van der Waals surface area (Å²) in [6.45, 7) is 2.14. The summed E-state index contributed by atoms with van der Waals surface area (Å²) in [6.07, 6.45) is 3.87. The molecule has 1 saturated heterocycles. The van der Waals surface area contributed by atoms with Crippen molar-refractivity contribution < 1.29 is 9.47 Å². The normalized spacial score (nSPS) is 15.6. The second-order valence-corrected chi connectivity index (χ2v) is 6.15. The van der Waals surface area contributed by atoms with E-state index in [1.807, 2.05) is 31.3 Å². The van der Waals surface area contributed by atoms with Crippen molar-refractivity contribution in [2.45, 2.75) is 18.9 Å². The van der Waals surface area contributed by atoms with E-state index in [4.69, 9.17) is 9.47 Å². The highest BCUT2D eigenvalue weighted by Gasteiger charge is 2.18. The summed E-state index contributed by atoms with van der Waals surface area (Å²) in [4.78, 5) is 10.7. The van der Waals surface area contributed by atoms with Crippen LogP contribution in [0.4, 0.5) is 17.3 Å². The number of likely N-dealkylation sites (tertiary alicyclic amines) is 1. The summed E-state index contributed by atoms with van der Waals surface area (Å²) in [5.74, 6) is 2.99. The Hall–Kier alpha value is -2.54. The van der Waals surface area contributed by atoms with Crippen LogP contribution in [0, 0.1) is 0 Å². The van der Waals surface area contributed by atoms with Gasteiger partial charge in [-0.1, -0.05) is 0 Å². The highest BCUT2D eigenvalue weighted by molar-refractivity contribution is 5.66. The van der Waals surface area contributed by atoms with E-state index >= 15 is 0 Å². The molecule has 25 heavy (non-hydrogen) atoms. The Morgan fingerprint density at radius 1 is 1.12 bits per heavy atom. The Kier molecular flexibility index (Phi) is 5.55. The fourth-order valence-electron chi connectivity index (χ4n) is 2.84. The second kappa shape index (κ2) is 8.02. The van der Waals surface area contributed by atoms with Crippen LogP contribution in [-0.4, -0.2) is 55.3 Å². The zero-order chi connectivity index (χ0) is 17.6.